The van der Waals surface area contributed by atoms with Gasteiger partial charge in [-0.2, -0.15) is 5.10 Å². The minimum Gasteiger partial charge on any atom is -0.494 e. The monoisotopic (exact) mass is 198 g/mol. The number of ether oxygens (including phenoxy) is 1. The lowest BCUT2D eigenvalue weighted by molar-refractivity contribution is 0.418. The summed E-state index contributed by atoms with van der Waals surface area (Å²) in [5, 5.41) is 5.58. The Balaban J connectivity index is 2.56. The van der Waals surface area contributed by atoms with Gasteiger partial charge in [-0.05, 0) is 18.2 Å². The van der Waals surface area contributed by atoms with Crippen LogP contribution in [0.5, 0.6) is 5.75 Å². The van der Waals surface area contributed by atoms with E-state index in [0.717, 1.165) is 22.2 Å². The maximum atomic E-state index is 5.33. The first-order valence-corrected chi connectivity index (χ1v) is 4.80. The number of pyridine rings is 1. The minimum atomic E-state index is 0.853. The second-order valence-electron chi connectivity index (χ2n) is 3.39. The quantitative estimate of drug-likeness (QED) is 0.600. The SMILES string of the molecule is COc1cccn2nc3ccccc3c12. The molecule has 0 N–H and O–H groups in total. The molecule has 2 aromatic heterocycles. The Hall–Kier alpha value is -2.03. The van der Waals surface area contributed by atoms with Gasteiger partial charge in [0.25, 0.3) is 0 Å². The van der Waals surface area contributed by atoms with Crippen LogP contribution in [0.15, 0.2) is 42.6 Å². The molecule has 0 aliphatic carbocycles. The summed E-state index contributed by atoms with van der Waals surface area (Å²) in [7, 11) is 1.68. The summed E-state index contributed by atoms with van der Waals surface area (Å²) in [5.41, 5.74) is 2.01. The van der Waals surface area contributed by atoms with Crippen molar-refractivity contribution in [1.29, 1.82) is 0 Å². The molecule has 0 radical (unpaired) electrons. The lowest BCUT2D eigenvalue weighted by atomic mass is 10.2. The van der Waals surface area contributed by atoms with Crippen LogP contribution in [0.4, 0.5) is 0 Å². The van der Waals surface area contributed by atoms with E-state index in [9.17, 15) is 0 Å². The van der Waals surface area contributed by atoms with E-state index in [4.69, 9.17) is 4.74 Å². The molecule has 0 saturated heterocycles. The van der Waals surface area contributed by atoms with Crippen molar-refractivity contribution in [3.8, 4) is 5.75 Å². The largest absolute Gasteiger partial charge is 0.494 e. The van der Waals surface area contributed by atoms with Gasteiger partial charge >= 0.3 is 0 Å². The van der Waals surface area contributed by atoms with Crippen molar-refractivity contribution in [1.82, 2.24) is 9.61 Å². The third-order valence-electron chi connectivity index (χ3n) is 2.53. The highest BCUT2D eigenvalue weighted by Crippen LogP contribution is 2.26. The van der Waals surface area contributed by atoms with Crippen molar-refractivity contribution in [2.45, 2.75) is 0 Å². The predicted molar refractivity (Wildman–Crippen MR) is 59.3 cm³/mol. The Morgan fingerprint density at radius 1 is 1.13 bits per heavy atom. The Morgan fingerprint density at radius 2 is 2.00 bits per heavy atom. The molecule has 0 atom stereocenters. The molecule has 1 aromatic carbocycles. The molecule has 3 rings (SSSR count). The summed E-state index contributed by atoms with van der Waals surface area (Å²) in [5.74, 6) is 0.853. The molecule has 0 aliphatic rings. The molecule has 0 amide bonds. The summed E-state index contributed by atoms with van der Waals surface area (Å²) < 4.78 is 7.18. The summed E-state index contributed by atoms with van der Waals surface area (Å²) in [6.45, 7) is 0. The first-order chi connectivity index (χ1) is 7.40. The highest BCUT2D eigenvalue weighted by Gasteiger charge is 2.07. The zero-order chi connectivity index (χ0) is 10.3. The van der Waals surface area contributed by atoms with E-state index in [-0.39, 0.29) is 0 Å². The summed E-state index contributed by atoms with van der Waals surface area (Å²) in [6.07, 6.45) is 1.93. The molecule has 0 saturated carbocycles. The van der Waals surface area contributed by atoms with Crippen LogP contribution in [-0.4, -0.2) is 16.7 Å². The Kier molecular flexibility index (Phi) is 1.65. The van der Waals surface area contributed by atoms with Crippen LogP contribution in [0.3, 0.4) is 0 Å². The van der Waals surface area contributed by atoms with E-state index in [2.05, 4.69) is 11.2 Å². The molecule has 74 valence electrons. The molecule has 3 aromatic rings. The van der Waals surface area contributed by atoms with Gasteiger partial charge in [0, 0.05) is 11.6 Å². The van der Waals surface area contributed by atoms with Crippen LogP contribution >= 0.6 is 0 Å². The van der Waals surface area contributed by atoms with Crippen LogP contribution in [0.25, 0.3) is 16.4 Å². The van der Waals surface area contributed by atoms with E-state index in [1.807, 2.05) is 41.0 Å². The molecule has 2 heterocycles. The van der Waals surface area contributed by atoms with Gasteiger partial charge < -0.3 is 4.74 Å². The Bertz CT molecular complexity index is 628. The average molecular weight is 198 g/mol. The molecule has 0 spiro atoms. The molecule has 0 fully saturated rings. The van der Waals surface area contributed by atoms with E-state index < -0.39 is 0 Å². The molecule has 0 unspecified atom stereocenters. The lowest BCUT2D eigenvalue weighted by Gasteiger charge is -2.01. The van der Waals surface area contributed by atoms with E-state index in [0.29, 0.717) is 0 Å². The minimum absolute atomic E-state index is 0.853. The molecular weight excluding hydrogens is 188 g/mol. The average Bonchev–Trinajstić information content (AvgIpc) is 2.67. The normalized spacial score (nSPS) is 11.0. The molecule has 3 nitrogen and oxygen atoms in total. The first kappa shape index (κ1) is 8.29. The van der Waals surface area contributed by atoms with Gasteiger partial charge in [0.2, 0.25) is 0 Å². The van der Waals surface area contributed by atoms with Crippen LogP contribution in [0.1, 0.15) is 0 Å². The van der Waals surface area contributed by atoms with E-state index >= 15 is 0 Å². The van der Waals surface area contributed by atoms with Crippen LogP contribution in [0.2, 0.25) is 0 Å². The number of nitrogens with zero attached hydrogens (tertiary/aromatic N) is 2. The van der Waals surface area contributed by atoms with Gasteiger partial charge in [0.15, 0.2) is 0 Å². The van der Waals surface area contributed by atoms with E-state index in [1.54, 1.807) is 7.11 Å². The van der Waals surface area contributed by atoms with Crippen LogP contribution in [0, 0.1) is 0 Å². The number of benzene rings is 1. The van der Waals surface area contributed by atoms with Crippen molar-refractivity contribution in [3.05, 3.63) is 42.6 Å². The summed E-state index contributed by atoms with van der Waals surface area (Å²) in [4.78, 5) is 0. The third-order valence-corrected chi connectivity index (χ3v) is 2.53. The predicted octanol–water partition coefficient (Wildman–Crippen LogP) is 2.50. The number of hydrogen-bond donors (Lipinski definition) is 0. The molecular formula is C12H10N2O. The molecule has 0 bridgehead atoms. The fourth-order valence-corrected chi connectivity index (χ4v) is 1.86. The second kappa shape index (κ2) is 2.98. The number of hydrogen-bond acceptors (Lipinski definition) is 2. The van der Waals surface area contributed by atoms with Gasteiger partial charge in [-0.1, -0.05) is 18.2 Å². The molecule has 15 heavy (non-hydrogen) atoms. The lowest BCUT2D eigenvalue weighted by Crippen LogP contribution is -1.89. The third kappa shape index (κ3) is 1.09. The van der Waals surface area contributed by atoms with Crippen LogP contribution < -0.4 is 4.74 Å². The van der Waals surface area contributed by atoms with Crippen LogP contribution in [-0.2, 0) is 0 Å². The van der Waals surface area contributed by atoms with Crippen molar-refractivity contribution < 1.29 is 4.74 Å². The van der Waals surface area contributed by atoms with Crippen molar-refractivity contribution in [2.24, 2.45) is 0 Å². The zero-order valence-corrected chi connectivity index (χ0v) is 8.34. The maximum Gasteiger partial charge on any atom is 0.145 e. The zero-order valence-electron chi connectivity index (χ0n) is 8.34. The van der Waals surface area contributed by atoms with E-state index in [1.165, 1.54) is 0 Å². The smallest absolute Gasteiger partial charge is 0.145 e. The topological polar surface area (TPSA) is 26.5 Å². The first-order valence-electron chi connectivity index (χ1n) is 4.80. The van der Waals surface area contributed by atoms with Gasteiger partial charge in [0.05, 0.1) is 12.6 Å². The molecule has 0 aliphatic heterocycles. The van der Waals surface area contributed by atoms with Crippen molar-refractivity contribution in [2.75, 3.05) is 7.11 Å². The van der Waals surface area contributed by atoms with Gasteiger partial charge in [-0.25, -0.2) is 4.52 Å². The fourth-order valence-electron chi connectivity index (χ4n) is 1.86. The standard InChI is InChI=1S/C12H10N2O/c1-15-11-7-4-8-14-12(11)9-5-2-3-6-10(9)13-14/h2-8H,1H3. The number of rotatable bonds is 1. The fraction of sp³-hybridized carbons (Fsp3) is 0.0833. The van der Waals surface area contributed by atoms with Crippen molar-refractivity contribution in [3.63, 3.8) is 0 Å². The number of fused-ring (bicyclic) bond motifs is 3. The van der Waals surface area contributed by atoms with Gasteiger partial charge in [-0.15, -0.1) is 0 Å². The summed E-state index contributed by atoms with van der Waals surface area (Å²) >= 11 is 0. The summed E-state index contributed by atoms with van der Waals surface area (Å²) in [6, 6.07) is 11.9. The second-order valence-corrected chi connectivity index (χ2v) is 3.39. The van der Waals surface area contributed by atoms with Crippen molar-refractivity contribution >= 4 is 16.4 Å². The molecule has 3 heteroatoms. The Labute approximate surface area is 86.9 Å². The maximum absolute atomic E-state index is 5.33. The number of methoxy groups -OCH3 is 1. The highest BCUT2D eigenvalue weighted by atomic mass is 16.5. The Morgan fingerprint density at radius 3 is 2.87 bits per heavy atom. The highest BCUT2D eigenvalue weighted by molar-refractivity contribution is 5.97. The number of aromatic nitrogens is 2. The van der Waals surface area contributed by atoms with Gasteiger partial charge in [-0.3, -0.25) is 0 Å². The van der Waals surface area contributed by atoms with Gasteiger partial charge in [0.1, 0.15) is 11.3 Å².